The molecule has 0 unspecified atom stereocenters. The van der Waals surface area contributed by atoms with Crippen molar-refractivity contribution in [3.05, 3.63) is 50.8 Å². The summed E-state index contributed by atoms with van der Waals surface area (Å²) in [7, 11) is 0. The largest absolute Gasteiger partial charge is 0.438 e. The Morgan fingerprint density at radius 3 is 2.59 bits per heavy atom. The lowest BCUT2D eigenvalue weighted by Crippen LogP contribution is -2.00. The number of rotatable bonds is 3. The smallest absolute Gasteiger partial charge is 0.425 e. The molecule has 0 aliphatic carbocycles. The van der Waals surface area contributed by atoms with E-state index in [4.69, 9.17) is 4.74 Å². The van der Waals surface area contributed by atoms with Crippen molar-refractivity contribution < 1.29 is 17.9 Å². The maximum Gasteiger partial charge on any atom is 0.425 e. The third kappa shape index (κ3) is 3.31. The molecule has 0 N–H and O–H groups in total. The Morgan fingerprint density at radius 1 is 1.14 bits per heavy atom. The van der Waals surface area contributed by atoms with Gasteiger partial charge in [-0.3, -0.25) is 0 Å². The van der Waals surface area contributed by atoms with Crippen LogP contribution >= 0.6 is 22.7 Å². The second-order valence-corrected chi connectivity index (χ2v) is 6.32. The Labute approximate surface area is 132 Å². The number of hydrogen-bond acceptors (Lipinski definition) is 4. The Kier molecular flexibility index (Phi) is 3.92. The van der Waals surface area contributed by atoms with E-state index >= 15 is 0 Å². The van der Waals surface area contributed by atoms with Crippen molar-refractivity contribution in [2.24, 2.45) is 0 Å². The van der Waals surface area contributed by atoms with Crippen LogP contribution in [0.5, 0.6) is 11.6 Å². The van der Waals surface area contributed by atoms with E-state index in [1.807, 2.05) is 29.8 Å². The van der Waals surface area contributed by atoms with E-state index in [1.165, 1.54) is 5.38 Å². The van der Waals surface area contributed by atoms with Crippen LogP contribution in [-0.2, 0) is 6.18 Å². The predicted molar refractivity (Wildman–Crippen MR) is 81.7 cm³/mol. The Hall–Kier alpha value is -1.86. The van der Waals surface area contributed by atoms with Crippen LogP contribution in [0.2, 0.25) is 0 Å². The number of pyridine rings is 1. The zero-order valence-electron chi connectivity index (χ0n) is 11.3. The van der Waals surface area contributed by atoms with Gasteiger partial charge in [-0.2, -0.15) is 24.5 Å². The molecule has 0 aliphatic rings. The van der Waals surface area contributed by atoms with Gasteiger partial charge in [0.2, 0.25) is 5.88 Å². The zero-order chi connectivity index (χ0) is 15.7. The number of ether oxygens (including phenoxy) is 1. The molecule has 0 amide bonds. The van der Waals surface area contributed by atoms with E-state index in [1.54, 1.807) is 17.4 Å². The molecule has 0 spiro atoms. The van der Waals surface area contributed by atoms with Gasteiger partial charge in [-0.15, -0.1) is 11.3 Å². The molecule has 0 aromatic carbocycles. The molecule has 3 heterocycles. The summed E-state index contributed by atoms with van der Waals surface area (Å²) in [5.74, 6) is 0.430. The van der Waals surface area contributed by atoms with Crippen LogP contribution in [0.1, 0.15) is 10.4 Å². The first-order chi connectivity index (χ1) is 10.4. The van der Waals surface area contributed by atoms with Crippen molar-refractivity contribution in [1.29, 1.82) is 0 Å². The highest BCUT2D eigenvalue weighted by atomic mass is 32.1. The summed E-state index contributed by atoms with van der Waals surface area (Å²) in [5.41, 5.74) is 2.62. The maximum absolute atomic E-state index is 12.6. The van der Waals surface area contributed by atoms with Crippen LogP contribution in [-0.4, -0.2) is 4.98 Å². The van der Waals surface area contributed by atoms with Gasteiger partial charge < -0.3 is 4.74 Å². The van der Waals surface area contributed by atoms with Gasteiger partial charge in [-0.1, -0.05) is 0 Å². The number of nitrogens with zero attached hydrogens (tertiary/aromatic N) is 1. The van der Waals surface area contributed by atoms with E-state index in [-0.39, 0.29) is 11.6 Å². The second-order valence-electron chi connectivity index (χ2n) is 4.63. The second kappa shape index (κ2) is 5.73. The summed E-state index contributed by atoms with van der Waals surface area (Å²) in [6.45, 7) is 1.89. The van der Waals surface area contributed by atoms with E-state index in [0.717, 1.165) is 22.9 Å². The van der Waals surface area contributed by atoms with Crippen LogP contribution in [0, 0.1) is 6.92 Å². The first-order valence-electron chi connectivity index (χ1n) is 6.27. The molecule has 2 nitrogen and oxygen atoms in total. The molecule has 0 radical (unpaired) electrons. The van der Waals surface area contributed by atoms with Crippen molar-refractivity contribution in [3.8, 4) is 22.9 Å². The van der Waals surface area contributed by atoms with E-state index in [9.17, 15) is 13.2 Å². The molecule has 0 saturated carbocycles. The molecular weight excluding hydrogens is 331 g/mol. The Morgan fingerprint density at radius 2 is 1.95 bits per heavy atom. The van der Waals surface area contributed by atoms with Gasteiger partial charge in [-0.05, 0) is 30.0 Å². The summed E-state index contributed by atoms with van der Waals surface area (Å²) in [6.07, 6.45) is -4.35. The SMILES string of the molecule is Cc1cc(Oc2csc(C(F)(F)F)c2)nc(-c2ccsc2)c1. The van der Waals surface area contributed by atoms with Gasteiger partial charge in [-0.25, -0.2) is 4.98 Å². The van der Waals surface area contributed by atoms with Crippen LogP contribution in [0.3, 0.4) is 0 Å². The van der Waals surface area contributed by atoms with Crippen LogP contribution in [0.4, 0.5) is 13.2 Å². The van der Waals surface area contributed by atoms with Gasteiger partial charge in [0, 0.05) is 28.5 Å². The fourth-order valence-electron chi connectivity index (χ4n) is 1.89. The van der Waals surface area contributed by atoms with E-state index < -0.39 is 11.1 Å². The number of thiophene rings is 2. The van der Waals surface area contributed by atoms with Gasteiger partial charge in [0.15, 0.2) is 0 Å². The summed E-state index contributed by atoms with van der Waals surface area (Å²) in [5, 5.41) is 5.23. The topological polar surface area (TPSA) is 22.1 Å². The highest BCUT2D eigenvalue weighted by Crippen LogP contribution is 2.37. The van der Waals surface area contributed by atoms with Crippen LogP contribution in [0.25, 0.3) is 11.3 Å². The summed E-state index contributed by atoms with van der Waals surface area (Å²) in [4.78, 5) is 3.66. The third-order valence-corrected chi connectivity index (χ3v) is 4.48. The van der Waals surface area contributed by atoms with Gasteiger partial charge >= 0.3 is 6.18 Å². The molecule has 0 fully saturated rings. The lowest BCUT2D eigenvalue weighted by atomic mass is 10.2. The van der Waals surface area contributed by atoms with Crippen molar-refractivity contribution in [1.82, 2.24) is 4.98 Å². The molecule has 0 bridgehead atoms. The van der Waals surface area contributed by atoms with Crippen LogP contribution < -0.4 is 4.74 Å². The lowest BCUT2D eigenvalue weighted by Gasteiger charge is -2.06. The van der Waals surface area contributed by atoms with Gasteiger partial charge in [0.1, 0.15) is 10.6 Å². The molecule has 0 aliphatic heterocycles. The molecule has 0 saturated heterocycles. The number of hydrogen-bond donors (Lipinski definition) is 0. The number of aromatic nitrogens is 1. The minimum absolute atomic E-state index is 0.145. The molecule has 0 atom stereocenters. The average molecular weight is 341 g/mol. The monoisotopic (exact) mass is 341 g/mol. The average Bonchev–Trinajstić information content (AvgIpc) is 3.08. The minimum atomic E-state index is -4.35. The quantitative estimate of drug-likeness (QED) is 0.583. The molecule has 7 heteroatoms. The zero-order valence-corrected chi connectivity index (χ0v) is 13.0. The van der Waals surface area contributed by atoms with Gasteiger partial charge in [0.05, 0.1) is 5.69 Å². The maximum atomic E-state index is 12.6. The van der Waals surface area contributed by atoms with Crippen molar-refractivity contribution in [2.75, 3.05) is 0 Å². The lowest BCUT2D eigenvalue weighted by molar-refractivity contribution is -0.134. The first-order valence-corrected chi connectivity index (χ1v) is 8.09. The fourth-order valence-corrected chi connectivity index (χ4v) is 3.21. The predicted octanol–water partition coefficient (Wildman–Crippen LogP) is 5.99. The molecule has 3 aromatic rings. The molecule has 3 aromatic heterocycles. The van der Waals surface area contributed by atoms with Crippen molar-refractivity contribution in [3.63, 3.8) is 0 Å². The Bertz CT molecular complexity index is 778. The van der Waals surface area contributed by atoms with Crippen molar-refractivity contribution in [2.45, 2.75) is 13.1 Å². The normalized spacial score (nSPS) is 11.6. The third-order valence-electron chi connectivity index (χ3n) is 2.84. The summed E-state index contributed by atoms with van der Waals surface area (Å²) >= 11 is 2.16. The summed E-state index contributed by atoms with van der Waals surface area (Å²) < 4.78 is 43.3. The van der Waals surface area contributed by atoms with E-state index in [2.05, 4.69) is 4.98 Å². The van der Waals surface area contributed by atoms with Crippen molar-refractivity contribution >= 4 is 22.7 Å². The first kappa shape index (κ1) is 15.1. The summed E-state index contributed by atoms with van der Waals surface area (Å²) in [6, 6.07) is 6.52. The number of halogens is 3. The molecule has 3 rings (SSSR count). The standard InChI is InChI=1S/C15H10F3NOS2/c1-9-4-12(10-2-3-21-7-10)19-14(5-9)20-11-6-13(22-8-11)15(16,17)18/h2-8H,1H3. The number of alkyl halides is 3. The Balaban J connectivity index is 1.88. The van der Waals surface area contributed by atoms with E-state index in [0.29, 0.717) is 11.3 Å². The molecule has 114 valence electrons. The van der Waals surface area contributed by atoms with Crippen LogP contribution in [0.15, 0.2) is 40.4 Å². The number of aryl methyl sites for hydroxylation is 1. The minimum Gasteiger partial charge on any atom is -0.438 e. The molecule has 22 heavy (non-hydrogen) atoms. The van der Waals surface area contributed by atoms with Gasteiger partial charge in [0.25, 0.3) is 0 Å². The highest BCUT2D eigenvalue weighted by Gasteiger charge is 2.32. The molecular formula is C15H10F3NOS2. The fraction of sp³-hybridized carbons (Fsp3) is 0.133. The highest BCUT2D eigenvalue weighted by molar-refractivity contribution is 7.10.